The first-order valence-corrected chi connectivity index (χ1v) is 7.70. The fourth-order valence-electron chi connectivity index (χ4n) is 2.62. The van der Waals surface area contributed by atoms with Crippen LogP contribution < -0.4 is 5.32 Å². The summed E-state index contributed by atoms with van der Waals surface area (Å²) >= 11 is 1.47. The molecule has 1 N–H and O–H groups in total. The molecule has 4 heteroatoms. The van der Waals surface area contributed by atoms with E-state index in [0.29, 0.717) is 11.0 Å². The first-order valence-electron chi connectivity index (χ1n) is 6.89. The first kappa shape index (κ1) is 12.6. The Morgan fingerprint density at radius 1 is 1.26 bits per heavy atom. The van der Waals surface area contributed by atoms with Crippen LogP contribution in [0.15, 0.2) is 24.3 Å². The topological polar surface area (TPSA) is 42.0 Å². The average Bonchev–Trinajstić information content (AvgIpc) is 2.85. The maximum Gasteiger partial charge on any atom is 0.280 e. The number of amides is 1. The van der Waals surface area contributed by atoms with Crippen LogP contribution in [0.5, 0.6) is 0 Å². The van der Waals surface area contributed by atoms with Gasteiger partial charge in [0, 0.05) is 6.04 Å². The van der Waals surface area contributed by atoms with E-state index in [9.17, 15) is 4.79 Å². The summed E-state index contributed by atoms with van der Waals surface area (Å²) in [5.74, 6) is 0.788. The fraction of sp³-hybridized carbons (Fsp3) is 0.467. The van der Waals surface area contributed by atoms with Gasteiger partial charge >= 0.3 is 0 Å². The quantitative estimate of drug-likeness (QED) is 0.909. The Kier molecular flexibility index (Phi) is 3.51. The van der Waals surface area contributed by atoms with Crippen molar-refractivity contribution in [2.75, 3.05) is 0 Å². The number of para-hydroxylation sites is 1. The molecule has 19 heavy (non-hydrogen) atoms. The van der Waals surface area contributed by atoms with Gasteiger partial charge in [-0.25, -0.2) is 4.98 Å². The molecule has 0 bridgehead atoms. The Morgan fingerprint density at radius 2 is 2.00 bits per heavy atom. The molecule has 100 valence electrons. The monoisotopic (exact) mass is 274 g/mol. The summed E-state index contributed by atoms with van der Waals surface area (Å²) in [6.45, 7) is 2.28. The van der Waals surface area contributed by atoms with Crippen LogP contribution in [0.2, 0.25) is 0 Å². The van der Waals surface area contributed by atoms with Gasteiger partial charge in [-0.15, -0.1) is 11.3 Å². The molecule has 2 aromatic rings. The molecule has 1 fully saturated rings. The van der Waals surface area contributed by atoms with Crippen molar-refractivity contribution >= 4 is 27.5 Å². The summed E-state index contributed by atoms with van der Waals surface area (Å²) in [5.41, 5.74) is 0.912. The van der Waals surface area contributed by atoms with Crippen LogP contribution in [0, 0.1) is 5.92 Å². The minimum atomic E-state index is -0.0132. The number of thiazole rings is 1. The summed E-state index contributed by atoms with van der Waals surface area (Å²) < 4.78 is 1.07. The predicted octanol–water partition coefficient (Wildman–Crippen LogP) is 3.60. The van der Waals surface area contributed by atoms with Gasteiger partial charge in [0.25, 0.3) is 5.91 Å². The summed E-state index contributed by atoms with van der Waals surface area (Å²) in [6.07, 6.45) is 4.62. The molecule has 0 radical (unpaired) electrons. The number of rotatable bonds is 2. The smallest absolute Gasteiger partial charge is 0.280 e. The summed E-state index contributed by atoms with van der Waals surface area (Å²) in [5, 5.41) is 3.71. The number of fused-ring (bicyclic) bond motifs is 1. The van der Waals surface area contributed by atoms with Gasteiger partial charge in [-0.1, -0.05) is 19.1 Å². The van der Waals surface area contributed by atoms with E-state index in [0.717, 1.165) is 29.0 Å². The first-order chi connectivity index (χ1) is 9.22. The standard InChI is InChI=1S/C15H18N2OS/c1-10-6-8-11(9-7-10)16-14(18)15-17-12-4-2-3-5-13(12)19-15/h2-5,10-11H,6-9H2,1H3,(H,16,18)/t10-,11-. The van der Waals surface area contributed by atoms with Crippen LogP contribution in [0.25, 0.3) is 10.2 Å². The normalized spacial score (nSPS) is 23.4. The Bertz CT molecular complexity index is 552. The average molecular weight is 274 g/mol. The molecule has 1 aliphatic rings. The molecule has 1 amide bonds. The van der Waals surface area contributed by atoms with Gasteiger partial charge in [0.15, 0.2) is 5.01 Å². The lowest BCUT2D eigenvalue weighted by atomic mass is 9.87. The van der Waals surface area contributed by atoms with Crippen molar-refractivity contribution in [3.8, 4) is 0 Å². The maximum atomic E-state index is 12.2. The molecule has 3 rings (SSSR count). The third kappa shape index (κ3) is 2.78. The van der Waals surface area contributed by atoms with Gasteiger partial charge < -0.3 is 5.32 Å². The van der Waals surface area contributed by atoms with E-state index in [1.165, 1.54) is 24.2 Å². The summed E-state index contributed by atoms with van der Waals surface area (Å²) in [7, 11) is 0. The van der Waals surface area contributed by atoms with Crippen molar-refractivity contribution in [2.45, 2.75) is 38.6 Å². The molecule has 0 atom stereocenters. The Hall–Kier alpha value is -1.42. The second-order valence-electron chi connectivity index (χ2n) is 5.42. The second kappa shape index (κ2) is 5.29. The van der Waals surface area contributed by atoms with E-state index in [4.69, 9.17) is 0 Å². The molecule has 0 spiro atoms. The molecule has 1 aromatic heterocycles. The minimum Gasteiger partial charge on any atom is -0.347 e. The lowest BCUT2D eigenvalue weighted by Gasteiger charge is -2.26. The third-order valence-electron chi connectivity index (χ3n) is 3.84. The van der Waals surface area contributed by atoms with E-state index < -0.39 is 0 Å². The maximum absolute atomic E-state index is 12.2. The van der Waals surface area contributed by atoms with Crippen LogP contribution in [0.3, 0.4) is 0 Å². The number of nitrogens with one attached hydrogen (secondary N) is 1. The highest BCUT2D eigenvalue weighted by Gasteiger charge is 2.21. The van der Waals surface area contributed by atoms with Crippen LogP contribution >= 0.6 is 11.3 Å². The van der Waals surface area contributed by atoms with Crippen LogP contribution in [-0.2, 0) is 0 Å². The van der Waals surface area contributed by atoms with Crippen molar-refractivity contribution in [1.82, 2.24) is 10.3 Å². The zero-order chi connectivity index (χ0) is 13.2. The van der Waals surface area contributed by atoms with Gasteiger partial charge in [-0.05, 0) is 43.7 Å². The van der Waals surface area contributed by atoms with E-state index in [1.54, 1.807) is 0 Å². The highest BCUT2D eigenvalue weighted by molar-refractivity contribution is 7.20. The number of hydrogen-bond acceptors (Lipinski definition) is 3. The van der Waals surface area contributed by atoms with Gasteiger partial charge in [0.1, 0.15) is 0 Å². The number of hydrogen-bond donors (Lipinski definition) is 1. The summed E-state index contributed by atoms with van der Waals surface area (Å²) in [4.78, 5) is 16.6. The Balaban J connectivity index is 1.70. The molecule has 3 nitrogen and oxygen atoms in total. The molecule has 1 aliphatic carbocycles. The van der Waals surface area contributed by atoms with Crippen LogP contribution in [0.1, 0.15) is 42.4 Å². The van der Waals surface area contributed by atoms with E-state index in [2.05, 4.69) is 17.2 Å². The highest BCUT2D eigenvalue weighted by atomic mass is 32.1. The third-order valence-corrected chi connectivity index (χ3v) is 4.87. The second-order valence-corrected chi connectivity index (χ2v) is 6.45. The highest BCUT2D eigenvalue weighted by Crippen LogP contribution is 2.25. The van der Waals surface area contributed by atoms with Crippen molar-refractivity contribution in [1.29, 1.82) is 0 Å². The van der Waals surface area contributed by atoms with Crippen LogP contribution in [-0.4, -0.2) is 16.9 Å². The Labute approximate surface area is 117 Å². The number of nitrogens with zero attached hydrogens (tertiary/aromatic N) is 1. The van der Waals surface area contributed by atoms with Crippen molar-refractivity contribution in [3.63, 3.8) is 0 Å². The molecule has 1 aromatic carbocycles. The Morgan fingerprint density at radius 3 is 2.74 bits per heavy atom. The molecule has 1 heterocycles. The molecule has 0 aliphatic heterocycles. The largest absolute Gasteiger partial charge is 0.347 e. The molecule has 0 unspecified atom stereocenters. The molecular formula is C15H18N2OS. The zero-order valence-corrected chi connectivity index (χ0v) is 11.9. The fourth-order valence-corrected chi connectivity index (χ4v) is 3.49. The van der Waals surface area contributed by atoms with Gasteiger partial charge in [0.2, 0.25) is 0 Å². The summed E-state index contributed by atoms with van der Waals surface area (Å²) in [6, 6.07) is 8.21. The molecule has 1 saturated carbocycles. The molecular weight excluding hydrogens is 256 g/mol. The van der Waals surface area contributed by atoms with Gasteiger partial charge in [-0.3, -0.25) is 4.79 Å². The number of aromatic nitrogens is 1. The predicted molar refractivity (Wildman–Crippen MR) is 78.5 cm³/mol. The lowest BCUT2D eigenvalue weighted by molar-refractivity contribution is 0.0923. The van der Waals surface area contributed by atoms with E-state index >= 15 is 0 Å². The number of carbonyl (C=O) groups is 1. The number of benzene rings is 1. The van der Waals surface area contributed by atoms with Crippen molar-refractivity contribution in [3.05, 3.63) is 29.3 Å². The lowest BCUT2D eigenvalue weighted by Crippen LogP contribution is -2.37. The van der Waals surface area contributed by atoms with Crippen molar-refractivity contribution in [2.24, 2.45) is 5.92 Å². The van der Waals surface area contributed by atoms with Crippen LogP contribution in [0.4, 0.5) is 0 Å². The van der Waals surface area contributed by atoms with E-state index in [-0.39, 0.29) is 5.91 Å². The minimum absolute atomic E-state index is 0.0132. The van der Waals surface area contributed by atoms with Crippen molar-refractivity contribution < 1.29 is 4.79 Å². The number of carbonyl (C=O) groups excluding carboxylic acids is 1. The molecule has 0 saturated heterocycles. The zero-order valence-electron chi connectivity index (χ0n) is 11.1. The van der Waals surface area contributed by atoms with Gasteiger partial charge in [0.05, 0.1) is 10.2 Å². The SMILES string of the molecule is C[C@H]1CC[C@H](NC(=O)c2nc3ccccc3s2)CC1. The van der Waals surface area contributed by atoms with Gasteiger partial charge in [-0.2, -0.15) is 0 Å². The van der Waals surface area contributed by atoms with E-state index in [1.807, 2.05) is 24.3 Å².